The van der Waals surface area contributed by atoms with Crippen LogP contribution in [0.25, 0.3) is 0 Å². The van der Waals surface area contributed by atoms with Crippen LogP contribution in [0, 0.1) is 11.8 Å². The van der Waals surface area contributed by atoms with Gasteiger partial charge in [0.25, 0.3) is 11.8 Å². The van der Waals surface area contributed by atoms with Crippen molar-refractivity contribution in [3.63, 3.8) is 0 Å². The number of rotatable bonds is 17. The van der Waals surface area contributed by atoms with Crippen LogP contribution in [0.1, 0.15) is 47.4 Å². The van der Waals surface area contributed by atoms with Crippen LogP contribution >= 0.6 is 0 Å². The van der Waals surface area contributed by atoms with E-state index >= 15 is 0 Å². The Balaban J connectivity index is 1.12. The van der Waals surface area contributed by atoms with Crippen LogP contribution < -0.4 is 34.0 Å². The molecule has 0 saturated heterocycles. The van der Waals surface area contributed by atoms with E-state index in [-0.39, 0.29) is 82.0 Å². The molecular weight excluding hydrogens is 724 g/mol. The number of imide groups is 1. The fourth-order valence-corrected chi connectivity index (χ4v) is 7.82. The van der Waals surface area contributed by atoms with Gasteiger partial charge in [0, 0.05) is 60.4 Å². The number of nitrogens with zero attached hydrogens (tertiary/aromatic N) is 3. The standard InChI is InChI=1S/C41H44N4O11/c1-51-27-8-6-26(7-9-27)45-21-30-39(31(47)5-4-13-42-35(48)12-15-54-16-14-44-36(49)10-11-37(44)50)38(24-17-25(22-46)41(53-3)34(18-24)52-2)28-19-32-33(56-23-55-32)20-29(28)40(30)43-45/h6-11,17-20,30,38-39,46H,4-5,12-16,21-23H2,1-3H3,(H,42,48)/t30-,38+,39+/m0/s1. The van der Waals surface area contributed by atoms with Gasteiger partial charge in [-0.2, -0.15) is 5.10 Å². The maximum Gasteiger partial charge on any atom is 0.253 e. The van der Waals surface area contributed by atoms with Crippen LogP contribution in [0.3, 0.4) is 0 Å². The lowest BCUT2D eigenvalue weighted by Crippen LogP contribution is -2.41. The number of hydrogen-bond donors (Lipinski definition) is 2. The van der Waals surface area contributed by atoms with Crippen molar-refractivity contribution in [3.05, 3.63) is 82.9 Å². The summed E-state index contributed by atoms with van der Waals surface area (Å²) in [6.07, 6.45) is 3.08. The number of benzene rings is 3. The van der Waals surface area contributed by atoms with Crippen LogP contribution in [0.15, 0.2) is 65.8 Å². The number of aliphatic hydroxyl groups excluding tert-OH is 1. The third-order valence-corrected chi connectivity index (χ3v) is 10.5. The van der Waals surface area contributed by atoms with Crippen LogP contribution in [0.2, 0.25) is 0 Å². The summed E-state index contributed by atoms with van der Waals surface area (Å²) in [6, 6.07) is 15.2. The zero-order valence-electron chi connectivity index (χ0n) is 31.4. The number of hydrazone groups is 1. The zero-order valence-corrected chi connectivity index (χ0v) is 31.4. The highest BCUT2D eigenvalue weighted by Gasteiger charge is 2.49. The van der Waals surface area contributed by atoms with Crippen molar-refractivity contribution in [2.75, 3.05) is 66.0 Å². The number of carbonyl (C=O) groups excluding carboxylic acids is 4. The number of Topliss-reactive ketones (excluding diaryl/α,β-unsaturated/α-hetero) is 1. The lowest BCUT2D eigenvalue weighted by molar-refractivity contribution is -0.138. The van der Waals surface area contributed by atoms with Crippen molar-refractivity contribution in [1.29, 1.82) is 0 Å². The first-order valence-corrected chi connectivity index (χ1v) is 18.4. The molecule has 3 aromatic rings. The number of anilines is 1. The molecule has 15 nitrogen and oxygen atoms in total. The largest absolute Gasteiger partial charge is 0.497 e. The Kier molecular flexibility index (Phi) is 11.5. The Morgan fingerprint density at radius 3 is 2.38 bits per heavy atom. The molecule has 0 fully saturated rings. The molecule has 15 heteroatoms. The quantitative estimate of drug-likeness (QED) is 0.152. The zero-order chi connectivity index (χ0) is 39.3. The summed E-state index contributed by atoms with van der Waals surface area (Å²) in [5, 5.41) is 20.3. The summed E-state index contributed by atoms with van der Waals surface area (Å²) in [5.74, 6) is 0.267. The Morgan fingerprint density at radius 2 is 1.68 bits per heavy atom. The van der Waals surface area contributed by atoms with Crippen molar-refractivity contribution in [3.8, 4) is 28.7 Å². The molecule has 2 N–H and O–H groups in total. The van der Waals surface area contributed by atoms with E-state index in [2.05, 4.69) is 5.32 Å². The summed E-state index contributed by atoms with van der Waals surface area (Å²) in [7, 11) is 4.66. The van der Waals surface area contributed by atoms with Crippen molar-refractivity contribution in [1.82, 2.24) is 10.2 Å². The Hall–Kier alpha value is -5.93. The highest BCUT2D eigenvalue weighted by atomic mass is 16.7. The molecule has 3 amide bonds. The third-order valence-electron chi connectivity index (χ3n) is 10.5. The normalized spacial score (nSPS) is 19.1. The SMILES string of the molecule is COc1ccc(N2C[C@@H]3C(=N2)c2cc4c(cc2[C@@H](c2cc(CO)c(OC)c(OC)c2)[C@H]3C(=O)CCCNC(=O)CCOCCN2C(=O)C=CC2=O)OCO4)cc1. The van der Waals surface area contributed by atoms with E-state index in [4.69, 9.17) is 33.5 Å². The molecule has 4 aliphatic rings. The highest BCUT2D eigenvalue weighted by Crippen LogP contribution is 2.52. The maximum absolute atomic E-state index is 14.7. The molecule has 0 unspecified atom stereocenters. The van der Waals surface area contributed by atoms with Gasteiger partial charge in [-0.1, -0.05) is 0 Å². The van der Waals surface area contributed by atoms with Crippen LogP contribution in [-0.4, -0.2) is 100 Å². The first kappa shape index (κ1) is 38.3. The number of carbonyl (C=O) groups is 4. The number of ketones is 1. The summed E-state index contributed by atoms with van der Waals surface area (Å²) in [4.78, 5) is 51.8. The first-order valence-electron chi connectivity index (χ1n) is 18.4. The third kappa shape index (κ3) is 7.64. The monoisotopic (exact) mass is 768 g/mol. The van der Waals surface area contributed by atoms with Crippen molar-refractivity contribution in [2.45, 2.75) is 31.8 Å². The first-order chi connectivity index (χ1) is 27.2. The van der Waals surface area contributed by atoms with E-state index in [1.54, 1.807) is 7.11 Å². The topological polar surface area (TPSA) is 175 Å². The molecule has 56 heavy (non-hydrogen) atoms. The van der Waals surface area contributed by atoms with Crippen molar-refractivity contribution in [2.24, 2.45) is 16.9 Å². The minimum absolute atomic E-state index is 0.00832. The van der Waals surface area contributed by atoms with E-state index in [9.17, 15) is 24.3 Å². The summed E-state index contributed by atoms with van der Waals surface area (Å²) in [5.41, 5.74) is 4.55. The molecule has 0 aromatic heterocycles. The Morgan fingerprint density at radius 1 is 0.929 bits per heavy atom. The second-order valence-corrected chi connectivity index (χ2v) is 13.7. The Labute approximate surface area is 323 Å². The lowest BCUT2D eigenvalue weighted by Gasteiger charge is -2.38. The summed E-state index contributed by atoms with van der Waals surface area (Å²) in [6.45, 7) is 0.807. The van der Waals surface area contributed by atoms with E-state index in [1.165, 1.54) is 26.4 Å². The Bertz CT molecular complexity index is 2020. The van der Waals surface area contributed by atoms with Gasteiger partial charge >= 0.3 is 0 Å². The molecule has 0 radical (unpaired) electrons. The minimum atomic E-state index is -0.594. The van der Waals surface area contributed by atoms with Gasteiger partial charge in [0.05, 0.1) is 65.6 Å². The van der Waals surface area contributed by atoms with Crippen LogP contribution in [0.4, 0.5) is 5.69 Å². The van der Waals surface area contributed by atoms with Gasteiger partial charge < -0.3 is 38.8 Å². The highest BCUT2D eigenvalue weighted by molar-refractivity contribution is 6.13. The average molecular weight is 769 g/mol. The average Bonchev–Trinajstić information content (AvgIpc) is 3.96. The second-order valence-electron chi connectivity index (χ2n) is 13.7. The smallest absolute Gasteiger partial charge is 0.253 e. The summed E-state index contributed by atoms with van der Waals surface area (Å²) >= 11 is 0. The predicted octanol–water partition coefficient (Wildman–Crippen LogP) is 3.33. The lowest BCUT2D eigenvalue weighted by atomic mass is 9.63. The second kappa shape index (κ2) is 16.8. The minimum Gasteiger partial charge on any atom is -0.497 e. The number of fused-ring (bicyclic) bond motifs is 4. The van der Waals surface area contributed by atoms with Gasteiger partial charge in [0.1, 0.15) is 11.5 Å². The van der Waals surface area contributed by atoms with Gasteiger partial charge in [-0.15, -0.1) is 0 Å². The molecule has 0 saturated carbocycles. The molecule has 3 aromatic carbocycles. The van der Waals surface area contributed by atoms with Crippen molar-refractivity contribution < 1.29 is 52.7 Å². The molecule has 0 spiro atoms. The molecule has 294 valence electrons. The van der Waals surface area contributed by atoms with Gasteiger partial charge in [0.2, 0.25) is 12.7 Å². The molecule has 0 bridgehead atoms. The maximum atomic E-state index is 14.7. The van der Waals surface area contributed by atoms with Crippen molar-refractivity contribution >= 4 is 34.9 Å². The molecule has 7 rings (SSSR count). The van der Waals surface area contributed by atoms with E-state index in [1.807, 2.05) is 53.5 Å². The molecule has 3 aliphatic heterocycles. The molecular formula is C41H44N4O11. The number of nitrogens with one attached hydrogen (secondary N) is 1. The number of hydrogen-bond acceptors (Lipinski definition) is 13. The molecule has 3 heterocycles. The van der Waals surface area contributed by atoms with E-state index in [0.29, 0.717) is 47.3 Å². The molecule has 1 aliphatic carbocycles. The number of ether oxygens (including phenoxy) is 6. The van der Waals surface area contributed by atoms with Gasteiger partial charge in [-0.3, -0.25) is 29.1 Å². The molecule has 3 atom stereocenters. The summed E-state index contributed by atoms with van der Waals surface area (Å²) < 4.78 is 33.8. The van der Waals surface area contributed by atoms with Crippen LogP contribution in [0.5, 0.6) is 28.7 Å². The number of methoxy groups -OCH3 is 3. The fourth-order valence-electron chi connectivity index (χ4n) is 7.82. The van der Waals surface area contributed by atoms with E-state index in [0.717, 1.165) is 33.0 Å². The number of aliphatic hydroxyl groups is 1. The number of amides is 3. The van der Waals surface area contributed by atoms with E-state index < -0.39 is 11.8 Å². The van der Waals surface area contributed by atoms with Crippen LogP contribution in [-0.2, 0) is 30.5 Å². The van der Waals surface area contributed by atoms with Gasteiger partial charge in [0.15, 0.2) is 23.0 Å². The fraction of sp³-hybridized carbons (Fsp3) is 0.390. The van der Waals surface area contributed by atoms with Gasteiger partial charge in [-0.25, -0.2) is 0 Å². The van der Waals surface area contributed by atoms with Gasteiger partial charge in [-0.05, 0) is 66.1 Å². The predicted molar refractivity (Wildman–Crippen MR) is 202 cm³/mol.